The fourth-order valence-corrected chi connectivity index (χ4v) is 3.62. The Labute approximate surface area is 165 Å². The number of aromatic nitrogens is 4. The standard InChI is InChI=1S/C23H15N5O/c1-13-16(11-24)3-2-4-17(13)22-18(9-15-6-8-21(29)27-23(15)28-22)14-5-7-19-20(10-14)26-12-25-19/h2-10,12H,1H3,(H,25,26)(H,27,28,29). The first-order chi connectivity index (χ1) is 14.1. The van der Waals surface area contributed by atoms with E-state index in [1.54, 1.807) is 18.5 Å². The topological polar surface area (TPSA) is 98.2 Å². The molecule has 5 aromatic rings. The van der Waals surface area contributed by atoms with Crippen LogP contribution in [0.25, 0.3) is 44.5 Å². The van der Waals surface area contributed by atoms with E-state index in [9.17, 15) is 10.1 Å². The van der Waals surface area contributed by atoms with Crippen LogP contribution in [-0.4, -0.2) is 19.9 Å². The van der Waals surface area contributed by atoms with Crippen molar-refractivity contribution in [3.8, 4) is 28.5 Å². The first-order valence-electron chi connectivity index (χ1n) is 9.12. The summed E-state index contributed by atoms with van der Waals surface area (Å²) in [5.41, 5.74) is 7.03. The minimum atomic E-state index is -0.204. The summed E-state index contributed by atoms with van der Waals surface area (Å²) in [6.45, 7) is 1.91. The number of pyridine rings is 2. The number of nitriles is 1. The number of rotatable bonds is 2. The molecule has 0 radical (unpaired) electrons. The van der Waals surface area contributed by atoms with Crippen LogP contribution in [0.5, 0.6) is 0 Å². The minimum Gasteiger partial charge on any atom is -0.345 e. The van der Waals surface area contributed by atoms with Gasteiger partial charge in [-0.05, 0) is 48.4 Å². The molecule has 2 aromatic carbocycles. The second-order valence-corrected chi connectivity index (χ2v) is 6.87. The number of hydrogen-bond donors (Lipinski definition) is 2. The van der Waals surface area contributed by atoms with Crippen molar-refractivity contribution in [2.24, 2.45) is 0 Å². The summed E-state index contributed by atoms with van der Waals surface area (Å²) in [4.78, 5) is 26.8. The van der Waals surface area contributed by atoms with Crippen LogP contribution in [0.2, 0.25) is 0 Å². The largest absolute Gasteiger partial charge is 0.345 e. The Kier molecular flexibility index (Phi) is 3.75. The van der Waals surface area contributed by atoms with E-state index in [1.165, 1.54) is 6.07 Å². The Bertz CT molecular complexity index is 1500. The van der Waals surface area contributed by atoms with Crippen LogP contribution in [-0.2, 0) is 0 Å². The lowest BCUT2D eigenvalue weighted by Crippen LogP contribution is -2.05. The van der Waals surface area contributed by atoms with Gasteiger partial charge in [0.25, 0.3) is 0 Å². The number of benzene rings is 2. The van der Waals surface area contributed by atoms with Crippen LogP contribution in [0.3, 0.4) is 0 Å². The highest BCUT2D eigenvalue weighted by Gasteiger charge is 2.16. The maximum atomic E-state index is 11.8. The molecule has 2 N–H and O–H groups in total. The number of nitrogens with one attached hydrogen (secondary N) is 2. The van der Waals surface area contributed by atoms with E-state index in [2.05, 4.69) is 21.0 Å². The number of imidazole rings is 1. The average Bonchev–Trinajstić information content (AvgIpc) is 3.21. The predicted molar refractivity (Wildman–Crippen MR) is 112 cm³/mol. The molecular weight excluding hydrogens is 362 g/mol. The van der Waals surface area contributed by atoms with Gasteiger partial charge in [-0.15, -0.1) is 0 Å². The van der Waals surface area contributed by atoms with Gasteiger partial charge in [-0.3, -0.25) is 4.79 Å². The maximum absolute atomic E-state index is 11.8. The van der Waals surface area contributed by atoms with Crippen molar-refractivity contribution in [2.75, 3.05) is 0 Å². The van der Waals surface area contributed by atoms with Crippen molar-refractivity contribution in [3.05, 3.63) is 82.4 Å². The van der Waals surface area contributed by atoms with E-state index in [-0.39, 0.29) is 5.56 Å². The van der Waals surface area contributed by atoms with E-state index < -0.39 is 0 Å². The number of nitrogens with zero attached hydrogens (tertiary/aromatic N) is 3. The normalized spacial score (nSPS) is 11.0. The molecule has 0 unspecified atom stereocenters. The van der Waals surface area contributed by atoms with Gasteiger partial charge in [-0.2, -0.15) is 5.26 Å². The number of H-pyrrole nitrogens is 2. The van der Waals surface area contributed by atoms with Gasteiger partial charge in [0.05, 0.1) is 34.7 Å². The van der Waals surface area contributed by atoms with Crippen LogP contribution < -0.4 is 5.56 Å². The molecule has 0 aliphatic heterocycles. The molecule has 5 rings (SSSR count). The van der Waals surface area contributed by atoms with Crippen LogP contribution in [0.15, 0.2) is 65.7 Å². The van der Waals surface area contributed by atoms with Gasteiger partial charge < -0.3 is 9.97 Å². The lowest BCUT2D eigenvalue weighted by atomic mass is 9.93. The first kappa shape index (κ1) is 16.9. The average molecular weight is 377 g/mol. The summed E-state index contributed by atoms with van der Waals surface area (Å²) in [7, 11) is 0. The molecule has 0 fully saturated rings. The summed E-state index contributed by atoms with van der Waals surface area (Å²) in [5.74, 6) is 0. The van der Waals surface area contributed by atoms with Gasteiger partial charge in [0, 0.05) is 22.6 Å². The zero-order valence-electron chi connectivity index (χ0n) is 15.5. The lowest BCUT2D eigenvalue weighted by molar-refractivity contribution is 1.23. The van der Waals surface area contributed by atoms with E-state index in [1.807, 2.05) is 43.3 Å². The van der Waals surface area contributed by atoms with Crippen LogP contribution in [0.1, 0.15) is 11.1 Å². The van der Waals surface area contributed by atoms with Crippen LogP contribution in [0.4, 0.5) is 0 Å². The fraction of sp³-hybridized carbons (Fsp3) is 0.0435. The summed E-state index contributed by atoms with van der Waals surface area (Å²) in [6.07, 6.45) is 1.67. The molecule has 138 valence electrons. The third kappa shape index (κ3) is 2.77. The zero-order chi connectivity index (χ0) is 20.0. The van der Waals surface area contributed by atoms with Crippen molar-refractivity contribution >= 4 is 22.1 Å². The van der Waals surface area contributed by atoms with Gasteiger partial charge >= 0.3 is 0 Å². The smallest absolute Gasteiger partial charge is 0.249 e. The van der Waals surface area contributed by atoms with Crippen LogP contribution >= 0.6 is 0 Å². The number of aromatic amines is 2. The highest BCUT2D eigenvalue weighted by atomic mass is 16.1. The fourth-order valence-electron chi connectivity index (χ4n) is 3.62. The maximum Gasteiger partial charge on any atom is 0.249 e. The molecular formula is C23H15N5O. The van der Waals surface area contributed by atoms with E-state index >= 15 is 0 Å². The van der Waals surface area contributed by atoms with Gasteiger partial charge in [0.2, 0.25) is 5.56 Å². The predicted octanol–water partition coefficient (Wildman–Crippen LogP) is 4.31. The van der Waals surface area contributed by atoms with Gasteiger partial charge in [0.15, 0.2) is 0 Å². The molecule has 0 aliphatic rings. The number of fused-ring (bicyclic) bond motifs is 2. The molecule has 0 atom stereocenters. The summed E-state index contributed by atoms with van der Waals surface area (Å²) < 4.78 is 0. The highest BCUT2D eigenvalue weighted by Crippen LogP contribution is 2.36. The van der Waals surface area contributed by atoms with Crippen molar-refractivity contribution in [2.45, 2.75) is 6.92 Å². The molecule has 3 heterocycles. The molecule has 6 nitrogen and oxygen atoms in total. The molecule has 0 amide bonds. The van der Waals surface area contributed by atoms with E-state index in [4.69, 9.17) is 4.98 Å². The number of hydrogen-bond acceptors (Lipinski definition) is 4. The Morgan fingerprint density at radius 3 is 2.79 bits per heavy atom. The first-order valence-corrected chi connectivity index (χ1v) is 9.12. The van der Waals surface area contributed by atoms with Crippen molar-refractivity contribution < 1.29 is 0 Å². The highest BCUT2D eigenvalue weighted by molar-refractivity contribution is 5.93. The lowest BCUT2D eigenvalue weighted by Gasteiger charge is -2.14. The molecule has 29 heavy (non-hydrogen) atoms. The van der Waals surface area contributed by atoms with Crippen molar-refractivity contribution in [3.63, 3.8) is 0 Å². The SMILES string of the molecule is Cc1c(C#N)cccc1-c1nc2[nH]c(=O)ccc2cc1-c1ccc2nc[nH]c2c1. The summed E-state index contributed by atoms with van der Waals surface area (Å²) in [6, 6.07) is 19.1. The molecule has 0 aliphatic carbocycles. The molecule has 6 heteroatoms. The quantitative estimate of drug-likeness (QED) is 0.479. The molecule has 0 spiro atoms. The second-order valence-electron chi connectivity index (χ2n) is 6.87. The van der Waals surface area contributed by atoms with Gasteiger partial charge in [-0.1, -0.05) is 18.2 Å². The van der Waals surface area contributed by atoms with E-state index in [0.29, 0.717) is 16.9 Å². The third-order valence-corrected chi connectivity index (χ3v) is 5.15. The Balaban J connectivity index is 1.86. The Morgan fingerprint density at radius 1 is 1.03 bits per heavy atom. The summed E-state index contributed by atoms with van der Waals surface area (Å²) in [5, 5.41) is 10.3. The van der Waals surface area contributed by atoms with Crippen molar-refractivity contribution in [1.29, 1.82) is 5.26 Å². The van der Waals surface area contributed by atoms with Crippen molar-refractivity contribution in [1.82, 2.24) is 19.9 Å². The Morgan fingerprint density at radius 2 is 1.93 bits per heavy atom. The van der Waals surface area contributed by atoms with Gasteiger partial charge in [0.1, 0.15) is 5.65 Å². The van der Waals surface area contributed by atoms with Crippen LogP contribution in [0, 0.1) is 18.3 Å². The van der Waals surface area contributed by atoms with Gasteiger partial charge in [-0.25, -0.2) is 9.97 Å². The monoisotopic (exact) mass is 377 g/mol. The molecule has 3 aromatic heterocycles. The zero-order valence-corrected chi connectivity index (χ0v) is 15.5. The summed E-state index contributed by atoms with van der Waals surface area (Å²) >= 11 is 0. The molecule has 0 bridgehead atoms. The molecule has 0 saturated carbocycles. The minimum absolute atomic E-state index is 0.204. The third-order valence-electron chi connectivity index (χ3n) is 5.15. The Hall–Kier alpha value is -4.24. The van der Waals surface area contributed by atoms with E-state index in [0.717, 1.165) is 38.7 Å². The second kappa shape index (κ2) is 6.43. The molecule has 0 saturated heterocycles.